The van der Waals surface area contributed by atoms with Gasteiger partial charge in [0.25, 0.3) is 0 Å². The molecular formula is C16H12F3N3. The van der Waals surface area contributed by atoms with Gasteiger partial charge < -0.3 is 10.3 Å². The van der Waals surface area contributed by atoms with Crippen LogP contribution in [0.4, 0.5) is 24.8 Å². The number of hydrogen-bond donors (Lipinski definition) is 2. The van der Waals surface area contributed by atoms with Crippen LogP contribution in [0.5, 0.6) is 0 Å². The molecule has 2 N–H and O–H groups in total. The number of hydrogen-bond acceptors (Lipinski definition) is 2. The Hall–Kier alpha value is -2.76. The minimum atomic E-state index is -4.37. The summed E-state index contributed by atoms with van der Waals surface area (Å²) in [7, 11) is 0. The van der Waals surface area contributed by atoms with Crippen molar-refractivity contribution in [2.45, 2.75) is 6.18 Å². The number of aromatic nitrogens is 2. The fourth-order valence-electron chi connectivity index (χ4n) is 2.06. The maximum absolute atomic E-state index is 12.7. The largest absolute Gasteiger partial charge is 0.416 e. The van der Waals surface area contributed by atoms with Crippen molar-refractivity contribution in [2.24, 2.45) is 0 Å². The highest BCUT2D eigenvalue weighted by atomic mass is 19.4. The van der Waals surface area contributed by atoms with Crippen molar-refractivity contribution >= 4 is 11.6 Å². The van der Waals surface area contributed by atoms with E-state index in [1.807, 2.05) is 30.3 Å². The standard InChI is InChI=1S/C16H12F3N3/c17-16(18,19)12-7-4-8-13(9-12)21-15-20-10-14(22-15)11-5-2-1-3-6-11/h1-10H,(H2,20,21,22). The maximum atomic E-state index is 12.7. The Kier molecular flexibility index (Phi) is 3.58. The summed E-state index contributed by atoms with van der Waals surface area (Å²) >= 11 is 0. The third-order valence-electron chi connectivity index (χ3n) is 3.11. The fraction of sp³-hybridized carbons (Fsp3) is 0.0625. The summed E-state index contributed by atoms with van der Waals surface area (Å²) < 4.78 is 38.0. The smallest absolute Gasteiger partial charge is 0.326 e. The first-order valence-electron chi connectivity index (χ1n) is 6.57. The molecule has 22 heavy (non-hydrogen) atoms. The Morgan fingerprint density at radius 2 is 1.73 bits per heavy atom. The van der Waals surface area contributed by atoms with Crippen molar-refractivity contribution in [3.05, 3.63) is 66.4 Å². The van der Waals surface area contributed by atoms with E-state index < -0.39 is 11.7 Å². The van der Waals surface area contributed by atoms with Crippen molar-refractivity contribution in [1.29, 1.82) is 0 Å². The first-order chi connectivity index (χ1) is 10.5. The third-order valence-corrected chi connectivity index (χ3v) is 3.11. The average molecular weight is 303 g/mol. The molecule has 0 atom stereocenters. The molecule has 0 aliphatic heterocycles. The zero-order chi connectivity index (χ0) is 15.6. The molecule has 0 spiro atoms. The van der Waals surface area contributed by atoms with Gasteiger partial charge in [-0.25, -0.2) is 4.98 Å². The summed E-state index contributed by atoms with van der Waals surface area (Å²) in [6.45, 7) is 0. The zero-order valence-electron chi connectivity index (χ0n) is 11.4. The lowest BCUT2D eigenvalue weighted by Crippen LogP contribution is -2.05. The lowest BCUT2D eigenvalue weighted by molar-refractivity contribution is -0.137. The van der Waals surface area contributed by atoms with Crippen molar-refractivity contribution in [1.82, 2.24) is 9.97 Å². The van der Waals surface area contributed by atoms with E-state index in [4.69, 9.17) is 0 Å². The van der Waals surface area contributed by atoms with Crippen LogP contribution in [0, 0.1) is 0 Å². The van der Waals surface area contributed by atoms with Gasteiger partial charge in [0, 0.05) is 5.69 Å². The van der Waals surface area contributed by atoms with E-state index in [1.165, 1.54) is 6.07 Å². The predicted octanol–water partition coefficient (Wildman–Crippen LogP) is 4.84. The minimum absolute atomic E-state index is 0.323. The zero-order valence-corrected chi connectivity index (χ0v) is 11.4. The highest BCUT2D eigenvalue weighted by Crippen LogP contribution is 2.31. The normalized spacial score (nSPS) is 11.4. The van der Waals surface area contributed by atoms with Crippen LogP contribution in [0.15, 0.2) is 60.8 Å². The number of nitrogens with zero attached hydrogens (tertiary/aromatic N) is 1. The monoisotopic (exact) mass is 303 g/mol. The number of alkyl halides is 3. The molecule has 6 heteroatoms. The summed E-state index contributed by atoms with van der Waals surface area (Å²) in [6, 6.07) is 14.5. The molecule has 0 unspecified atom stereocenters. The molecule has 1 aromatic heterocycles. The Morgan fingerprint density at radius 1 is 0.955 bits per heavy atom. The number of H-pyrrole nitrogens is 1. The van der Waals surface area contributed by atoms with Gasteiger partial charge in [-0.2, -0.15) is 13.2 Å². The van der Waals surface area contributed by atoms with Crippen LogP contribution in [0.3, 0.4) is 0 Å². The van der Waals surface area contributed by atoms with Gasteiger partial charge in [0.2, 0.25) is 5.95 Å². The molecule has 3 aromatic rings. The predicted molar refractivity (Wildman–Crippen MR) is 78.8 cm³/mol. The Morgan fingerprint density at radius 3 is 2.45 bits per heavy atom. The SMILES string of the molecule is FC(F)(F)c1cccc(Nc2ncc(-c3ccccc3)[nH]2)c1. The second-order valence-electron chi connectivity index (χ2n) is 4.72. The van der Waals surface area contributed by atoms with E-state index in [2.05, 4.69) is 15.3 Å². The third kappa shape index (κ3) is 3.11. The van der Waals surface area contributed by atoms with Gasteiger partial charge in [-0.15, -0.1) is 0 Å². The molecule has 0 radical (unpaired) electrons. The van der Waals surface area contributed by atoms with Crippen molar-refractivity contribution < 1.29 is 13.2 Å². The molecule has 0 fully saturated rings. The van der Waals surface area contributed by atoms with Gasteiger partial charge in [-0.1, -0.05) is 36.4 Å². The number of anilines is 2. The number of aromatic amines is 1. The fourth-order valence-corrected chi connectivity index (χ4v) is 2.06. The number of rotatable bonds is 3. The number of benzene rings is 2. The lowest BCUT2D eigenvalue weighted by Gasteiger charge is -2.09. The molecule has 3 nitrogen and oxygen atoms in total. The van der Waals surface area contributed by atoms with Crippen LogP contribution in [0.1, 0.15) is 5.56 Å². The summed E-state index contributed by atoms with van der Waals surface area (Å²) in [5, 5.41) is 2.84. The van der Waals surface area contributed by atoms with E-state index >= 15 is 0 Å². The van der Waals surface area contributed by atoms with Gasteiger partial charge in [0.05, 0.1) is 17.5 Å². The summed E-state index contributed by atoms with van der Waals surface area (Å²) in [4.78, 5) is 7.16. The second-order valence-corrected chi connectivity index (χ2v) is 4.72. The van der Waals surface area contributed by atoms with E-state index in [-0.39, 0.29) is 0 Å². The van der Waals surface area contributed by atoms with Gasteiger partial charge in [-0.05, 0) is 23.8 Å². The maximum Gasteiger partial charge on any atom is 0.416 e. The van der Waals surface area contributed by atoms with Gasteiger partial charge in [0.15, 0.2) is 0 Å². The van der Waals surface area contributed by atoms with Crippen molar-refractivity contribution in [2.75, 3.05) is 5.32 Å². The molecule has 0 aliphatic rings. The van der Waals surface area contributed by atoms with Crippen molar-refractivity contribution in [3.8, 4) is 11.3 Å². The van der Waals surface area contributed by atoms with Crippen LogP contribution in [0.25, 0.3) is 11.3 Å². The quantitative estimate of drug-likeness (QED) is 0.727. The topological polar surface area (TPSA) is 40.7 Å². The molecule has 0 aliphatic carbocycles. The highest BCUT2D eigenvalue weighted by Gasteiger charge is 2.30. The summed E-state index contributed by atoms with van der Waals surface area (Å²) in [5.41, 5.74) is 1.36. The van der Waals surface area contributed by atoms with Crippen LogP contribution in [-0.4, -0.2) is 9.97 Å². The molecule has 0 amide bonds. The molecule has 2 aromatic carbocycles. The van der Waals surface area contributed by atoms with Crippen LogP contribution in [0.2, 0.25) is 0 Å². The van der Waals surface area contributed by atoms with E-state index in [1.54, 1.807) is 12.3 Å². The lowest BCUT2D eigenvalue weighted by atomic mass is 10.2. The van der Waals surface area contributed by atoms with Crippen LogP contribution < -0.4 is 5.32 Å². The number of nitrogens with one attached hydrogen (secondary N) is 2. The second kappa shape index (κ2) is 5.55. The van der Waals surface area contributed by atoms with Crippen LogP contribution >= 0.6 is 0 Å². The Bertz CT molecular complexity index is 764. The molecule has 0 bridgehead atoms. The Labute approximate surface area is 124 Å². The molecule has 1 heterocycles. The first kappa shape index (κ1) is 14.2. The van der Waals surface area contributed by atoms with E-state index in [0.29, 0.717) is 11.6 Å². The van der Waals surface area contributed by atoms with Gasteiger partial charge in [0.1, 0.15) is 0 Å². The van der Waals surface area contributed by atoms with Crippen molar-refractivity contribution in [3.63, 3.8) is 0 Å². The highest BCUT2D eigenvalue weighted by molar-refractivity contribution is 5.62. The van der Waals surface area contributed by atoms with E-state index in [0.717, 1.165) is 23.4 Å². The molecule has 0 saturated heterocycles. The Balaban J connectivity index is 1.81. The average Bonchev–Trinajstić information content (AvgIpc) is 2.96. The van der Waals surface area contributed by atoms with E-state index in [9.17, 15) is 13.2 Å². The number of imidazole rings is 1. The first-order valence-corrected chi connectivity index (χ1v) is 6.57. The molecular weight excluding hydrogens is 291 g/mol. The summed E-state index contributed by atoms with van der Waals surface area (Å²) in [5.74, 6) is 0.387. The van der Waals surface area contributed by atoms with Gasteiger partial charge in [-0.3, -0.25) is 0 Å². The number of halogens is 3. The minimum Gasteiger partial charge on any atom is -0.326 e. The molecule has 0 saturated carbocycles. The van der Waals surface area contributed by atoms with Crippen LogP contribution in [-0.2, 0) is 6.18 Å². The molecule has 112 valence electrons. The summed E-state index contributed by atoms with van der Waals surface area (Å²) in [6.07, 6.45) is -2.73. The molecule has 3 rings (SSSR count). The van der Waals surface area contributed by atoms with Gasteiger partial charge >= 0.3 is 6.18 Å².